The number of aliphatic imine (C=N–C) groups is 1. The Balaban J connectivity index is 0.00000320. The second-order valence-electron chi connectivity index (χ2n) is 8.33. The van der Waals surface area contributed by atoms with Crippen molar-refractivity contribution in [1.82, 2.24) is 10.2 Å². The van der Waals surface area contributed by atoms with Crippen LogP contribution in [-0.2, 0) is 14.9 Å². The van der Waals surface area contributed by atoms with E-state index < -0.39 is 0 Å². The molecule has 1 aromatic carbocycles. The Bertz CT molecular complexity index is 650. The first-order valence-electron chi connectivity index (χ1n) is 11.0. The van der Waals surface area contributed by atoms with E-state index in [0.29, 0.717) is 19.1 Å². The third kappa shape index (κ3) is 6.79. The fourth-order valence-electron chi connectivity index (χ4n) is 4.60. The van der Waals surface area contributed by atoms with Crippen LogP contribution in [-0.4, -0.2) is 64.0 Å². The molecular formula is C23H37FIN3O2. The van der Waals surface area contributed by atoms with Crippen LogP contribution in [0.4, 0.5) is 4.39 Å². The van der Waals surface area contributed by atoms with Gasteiger partial charge in [0.1, 0.15) is 5.82 Å². The second-order valence-corrected chi connectivity index (χ2v) is 8.33. The Morgan fingerprint density at radius 1 is 1.23 bits per heavy atom. The summed E-state index contributed by atoms with van der Waals surface area (Å²) in [5.74, 6) is 1.36. The lowest BCUT2D eigenvalue weighted by atomic mass is 9.79. The lowest BCUT2D eigenvalue weighted by molar-refractivity contribution is 0.0536. The van der Waals surface area contributed by atoms with Gasteiger partial charge in [0.05, 0.1) is 26.4 Å². The first kappa shape index (κ1) is 25.3. The lowest BCUT2D eigenvalue weighted by Crippen LogP contribution is -2.41. The number of nitrogens with one attached hydrogen (secondary N) is 1. The molecule has 1 N–H and O–H groups in total. The van der Waals surface area contributed by atoms with Crippen LogP contribution in [0.3, 0.4) is 0 Å². The zero-order valence-electron chi connectivity index (χ0n) is 18.4. The normalized spacial score (nSPS) is 21.0. The molecule has 2 aliphatic rings. The molecular weight excluding hydrogens is 496 g/mol. The number of nitrogens with zero attached hydrogens (tertiary/aromatic N) is 2. The molecule has 0 spiro atoms. The van der Waals surface area contributed by atoms with Crippen molar-refractivity contribution in [2.75, 3.05) is 53.1 Å². The largest absolute Gasteiger partial charge is 0.382 e. The van der Waals surface area contributed by atoms with Gasteiger partial charge in [-0.15, -0.1) is 24.0 Å². The third-order valence-electron chi connectivity index (χ3n) is 6.25. The number of likely N-dealkylation sites (tertiary alicyclic amines) is 1. The summed E-state index contributed by atoms with van der Waals surface area (Å²) in [5, 5.41) is 3.48. The minimum atomic E-state index is -0.172. The molecule has 1 atom stereocenters. The van der Waals surface area contributed by atoms with Gasteiger partial charge in [0, 0.05) is 38.1 Å². The van der Waals surface area contributed by atoms with Gasteiger partial charge in [0.2, 0.25) is 0 Å². The highest BCUT2D eigenvalue weighted by molar-refractivity contribution is 14.0. The first-order valence-corrected chi connectivity index (χ1v) is 11.0. The smallest absolute Gasteiger partial charge is 0.193 e. The molecule has 3 rings (SSSR count). The van der Waals surface area contributed by atoms with Gasteiger partial charge in [0.15, 0.2) is 5.96 Å². The lowest BCUT2D eigenvalue weighted by Gasteiger charge is -2.29. The summed E-state index contributed by atoms with van der Waals surface area (Å²) in [6.07, 6.45) is 5.80. The predicted octanol–water partition coefficient (Wildman–Crippen LogP) is 4.21. The summed E-state index contributed by atoms with van der Waals surface area (Å²) in [6.45, 7) is 7.78. The number of ether oxygens (including phenoxy) is 2. The predicted molar refractivity (Wildman–Crippen MR) is 130 cm³/mol. The molecule has 0 amide bonds. The van der Waals surface area contributed by atoms with E-state index in [0.717, 1.165) is 58.0 Å². The molecule has 5 nitrogen and oxygen atoms in total. The van der Waals surface area contributed by atoms with E-state index in [1.54, 1.807) is 19.2 Å². The molecule has 170 valence electrons. The van der Waals surface area contributed by atoms with Crippen molar-refractivity contribution in [2.24, 2.45) is 10.9 Å². The summed E-state index contributed by atoms with van der Waals surface area (Å²) in [6, 6.07) is 7.07. The third-order valence-corrected chi connectivity index (χ3v) is 6.25. The van der Waals surface area contributed by atoms with Crippen molar-refractivity contribution >= 4 is 29.9 Å². The number of methoxy groups -OCH3 is 1. The van der Waals surface area contributed by atoms with Gasteiger partial charge in [-0.3, -0.25) is 4.99 Å². The maximum Gasteiger partial charge on any atom is 0.193 e. The number of hydrogen-bond acceptors (Lipinski definition) is 3. The van der Waals surface area contributed by atoms with Gasteiger partial charge in [0.25, 0.3) is 0 Å². The van der Waals surface area contributed by atoms with Crippen LogP contribution in [0.2, 0.25) is 0 Å². The van der Waals surface area contributed by atoms with Gasteiger partial charge in [-0.05, 0) is 43.9 Å². The molecule has 1 aromatic rings. The average Bonchev–Trinajstić information content (AvgIpc) is 3.40. The van der Waals surface area contributed by atoms with Crippen LogP contribution < -0.4 is 5.32 Å². The fourth-order valence-corrected chi connectivity index (χ4v) is 4.60. The number of benzene rings is 1. The summed E-state index contributed by atoms with van der Waals surface area (Å²) >= 11 is 0. The number of hydrogen-bond donors (Lipinski definition) is 1. The topological polar surface area (TPSA) is 46.1 Å². The minimum absolute atomic E-state index is 0. The van der Waals surface area contributed by atoms with Crippen LogP contribution in [0, 0.1) is 11.7 Å². The van der Waals surface area contributed by atoms with Crippen LogP contribution in [0.25, 0.3) is 0 Å². The zero-order valence-corrected chi connectivity index (χ0v) is 20.7. The quantitative estimate of drug-likeness (QED) is 0.224. The second kappa shape index (κ2) is 12.8. The molecule has 0 bridgehead atoms. The zero-order chi connectivity index (χ0) is 20.5. The molecule has 7 heteroatoms. The molecule has 1 saturated heterocycles. The summed E-state index contributed by atoms with van der Waals surface area (Å²) in [4.78, 5) is 7.43. The van der Waals surface area contributed by atoms with Gasteiger partial charge < -0.3 is 19.7 Å². The van der Waals surface area contributed by atoms with Crippen molar-refractivity contribution in [3.8, 4) is 0 Å². The molecule has 1 aliphatic carbocycles. The Hall–Kier alpha value is -0.930. The Labute approximate surface area is 197 Å². The summed E-state index contributed by atoms with van der Waals surface area (Å²) in [5.41, 5.74) is 1.26. The average molecular weight is 533 g/mol. The molecule has 1 aliphatic heterocycles. The van der Waals surface area contributed by atoms with Gasteiger partial charge in [-0.25, -0.2) is 4.39 Å². The van der Waals surface area contributed by atoms with E-state index in [1.807, 2.05) is 12.1 Å². The highest BCUT2D eigenvalue weighted by Gasteiger charge is 2.36. The highest BCUT2D eigenvalue weighted by atomic mass is 127. The molecule has 0 aromatic heterocycles. The van der Waals surface area contributed by atoms with Crippen molar-refractivity contribution in [1.29, 1.82) is 0 Å². The number of rotatable bonds is 9. The van der Waals surface area contributed by atoms with Crippen LogP contribution >= 0.6 is 24.0 Å². The van der Waals surface area contributed by atoms with Gasteiger partial charge in [-0.1, -0.05) is 25.0 Å². The SMILES string of the molecule is CCNC(=NCC1(c2ccc(F)cc2)CCCC1)N1CCC(COCCOC)C1.I. The van der Waals surface area contributed by atoms with Crippen molar-refractivity contribution in [3.05, 3.63) is 35.6 Å². The van der Waals surface area contributed by atoms with E-state index in [-0.39, 0.29) is 35.2 Å². The molecule has 2 fully saturated rings. The summed E-state index contributed by atoms with van der Waals surface area (Å²) < 4.78 is 24.2. The maximum absolute atomic E-state index is 13.4. The minimum Gasteiger partial charge on any atom is -0.382 e. The van der Waals surface area contributed by atoms with Crippen LogP contribution in [0.1, 0.15) is 44.6 Å². The number of guanidine groups is 1. The molecule has 1 unspecified atom stereocenters. The van der Waals surface area contributed by atoms with E-state index in [9.17, 15) is 4.39 Å². The first-order chi connectivity index (χ1) is 14.2. The monoisotopic (exact) mass is 533 g/mol. The van der Waals surface area contributed by atoms with Crippen molar-refractivity contribution < 1.29 is 13.9 Å². The van der Waals surface area contributed by atoms with E-state index >= 15 is 0 Å². The van der Waals surface area contributed by atoms with Crippen LogP contribution in [0.15, 0.2) is 29.3 Å². The highest BCUT2D eigenvalue weighted by Crippen LogP contribution is 2.41. The summed E-state index contributed by atoms with van der Waals surface area (Å²) in [7, 11) is 1.70. The molecule has 1 heterocycles. The number of halogens is 2. The standard InChI is InChI=1S/C23H36FN3O2.HI/c1-3-25-22(27-13-10-19(16-27)17-29-15-14-28-2)26-18-23(11-4-5-12-23)20-6-8-21(24)9-7-20;/h6-9,19H,3-5,10-18H2,1-2H3,(H,25,26);1H. The van der Waals surface area contributed by atoms with Crippen LogP contribution in [0.5, 0.6) is 0 Å². The molecule has 30 heavy (non-hydrogen) atoms. The van der Waals surface area contributed by atoms with E-state index in [2.05, 4.69) is 17.1 Å². The van der Waals surface area contributed by atoms with Crippen molar-refractivity contribution in [2.45, 2.75) is 44.4 Å². The van der Waals surface area contributed by atoms with Gasteiger partial charge >= 0.3 is 0 Å². The Morgan fingerprint density at radius 2 is 1.97 bits per heavy atom. The fraction of sp³-hybridized carbons (Fsp3) is 0.696. The molecule has 1 saturated carbocycles. The van der Waals surface area contributed by atoms with E-state index in [4.69, 9.17) is 14.5 Å². The Morgan fingerprint density at radius 3 is 2.63 bits per heavy atom. The molecule has 0 radical (unpaired) electrons. The Kier molecular flexibility index (Phi) is 10.8. The van der Waals surface area contributed by atoms with Crippen molar-refractivity contribution in [3.63, 3.8) is 0 Å². The van der Waals surface area contributed by atoms with E-state index in [1.165, 1.54) is 18.4 Å². The van der Waals surface area contributed by atoms with Gasteiger partial charge in [-0.2, -0.15) is 0 Å². The maximum atomic E-state index is 13.4.